The lowest BCUT2D eigenvalue weighted by Crippen LogP contribution is -2.20. The molecule has 0 aliphatic rings. The van der Waals surface area contributed by atoms with Gasteiger partial charge in [0.05, 0.1) is 24.1 Å². The van der Waals surface area contributed by atoms with Crippen LogP contribution in [0.25, 0.3) is 0 Å². The van der Waals surface area contributed by atoms with Crippen LogP contribution >= 0.6 is 0 Å². The number of carbonyl (C=O) groups excluding carboxylic acids is 2. The summed E-state index contributed by atoms with van der Waals surface area (Å²) in [5, 5.41) is 11.1. The molecule has 0 saturated heterocycles. The van der Waals surface area contributed by atoms with Crippen molar-refractivity contribution in [3.63, 3.8) is 0 Å². The van der Waals surface area contributed by atoms with Gasteiger partial charge in [-0.15, -0.1) is 0 Å². The molecule has 3 rings (SSSR count). The number of anilines is 1. The molecule has 3 aromatic rings. The van der Waals surface area contributed by atoms with Gasteiger partial charge in [-0.3, -0.25) is 19.0 Å². The zero-order chi connectivity index (χ0) is 18.8. The van der Waals surface area contributed by atoms with Crippen molar-refractivity contribution in [2.45, 2.75) is 20.4 Å². The van der Waals surface area contributed by atoms with E-state index in [1.54, 1.807) is 19.2 Å². The van der Waals surface area contributed by atoms with E-state index in [4.69, 9.17) is 5.73 Å². The molecule has 134 valence electrons. The summed E-state index contributed by atoms with van der Waals surface area (Å²) in [4.78, 5) is 24.1. The molecule has 0 saturated carbocycles. The van der Waals surface area contributed by atoms with E-state index in [-0.39, 0.29) is 17.3 Å². The van der Waals surface area contributed by atoms with Crippen LogP contribution < -0.4 is 11.1 Å². The first-order valence-corrected chi connectivity index (χ1v) is 8.08. The first-order chi connectivity index (χ1) is 12.3. The second kappa shape index (κ2) is 6.83. The van der Waals surface area contributed by atoms with Gasteiger partial charge >= 0.3 is 0 Å². The number of aryl methyl sites for hydroxylation is 3. The quantitative estimate of drug-likeness (QED) is 0.727. The van der Waals surface area contributed by atoms with E-state index in [2.05, 4.69) is 15.5 Å². The number of nitrogens with two attached hydrogens (primary N) is 1. The third-order valence-corrected chi connectivity index (χ3v) is 4.05. The molecule has 0 aliphatic carbocycles. The number of aromatic nitrogens is 4. The molecule has 3 N–H and O–H groups in total. The average Bonchev–Trinajstić information content (AvgIpc) is 3.09. The fraction of sp³-hybridized carbons (Fsp3) is 0.222. The molecule has 8 nitrogen and oxygen atoms in total. The molecule has 2 heterocycles. The molecule has 0 atom stereocenters. The first kappa shape index (κ1) is 17.4. The van der Waals surface area contributed by atoms with Crippen molar-refractivity contribution in [3.05, 3.63) is 64.7 Å². The van der Waals surface area contributed by atoms with E-state index in [0.29, 0.717) is 12.1 Å². The lowest BCUT2D eigenvalue weighted by atomic mass is 10.1. The summed E-state index contributed by atoms with van der Waals surface area (Å²) in [5.41, 5.74) is 9.21. The van der Waals surface area contributed by atoms with Gasteiger partial charge in [-0.25, -0.2) is 0 Å². The Balaban J connectivity index is 1.81. The highest BCUT2D eigenvalue weighted by molar-refractivity contribution is 6.08. The standard InChI is InChI=1S/C18H20N6O2/c1-11-7-12(2)24(22-11)10-13-5-4-6-14(8-13)18(26)21-15-9-20-23(3)16(15)17(19)25/h4-9H,10H2,1-3H3,(H2,19,25)(H,21,26). The van der Waals surface area contributed by atoms with Crippen LogP contribution in [0.2, 0.25) is 0 Å². The molecule has 0 fully saturated rings. The normalized spacial score (nSPS) is 10.7. The molecular formula is C18H20N6O2. The highest BCUT2D eigenvalue weighted by Gasteiger charge is 2.17. The van der Waals surface area contributed by atoms with Crippen molar-refractivity contribution in [1.82, 2.24) is 19.6 Å². The van der Waals surface area contributed by atoms with Crippen LogP contribution in [0.3, 0.4) is 0 Å². The van der Waals surface area contributed by atoms with Gasteiger partial charge in [-0.1, -0.05) is 12.1 Å². The predicted octanol–water partition coefficient (Wildman–Crippen LogP) is 1.63. The van der Waals surface area contributed by atoms with Crippen LogP contribution in [0, 0.1) is 13.8 Å². The monoisotopic (exact) mass is 352 g/mol. The van der Waals surface area contributed by atoms with Crippen molar-refractivity contribution in [2.75, 3.05) is 5.32 Å². The fourth-order valence-electron chi connectivity index (χ4n) is 2.83. The maximum atomic E-state index is 12.6. The number of benzene rings is 1. The number of nitrogens with one attached hydrogen (secondary N) is 1. The Labute approximate surface area is 150 Å². The topological polar surface area (TPSA) is 108 Å². The number of hydrogen-bond donors (Lipinski definition) is 2. The number of rotatable bonds is 5. The third kappa shape index (κ3) is 3.49. The van der Waals surface area contributed by atoms with Gasteiger partial charge in [0.15, 0.2) is 0 Å². The van der Waals surface area contributed by atoms with Gasteiger partial charge in [-0.05, 0) is 37.6 Å². The smallest absolute Gasteiger partial charge is 0.269 e. The molecule has 0 unspecified atom stereocenters. The Morgan fingerprint density at radius 2 is 2.00 bits per heavy atom. The molecule has 0 radical (unpaired) electrons. The largest absolute Gasteiger partial charge is 0.364 e. The summed E-state index contributed by atoms with van der Waals surface area (Å²) in [5.74, 6) is -0.991. The molecule has 26 heavy (non-hydrogen) atoms. The molecule has 0 bridgehead atoms. The summed E-state index contributed by atoms with van der Waals surface area (Å²) in [6, 6.07) is 9.26. The Morgan fingerprint density at radius 1 is 1.23 bits per heavy atom. The van der Waals surface area contributed by atoms with Crippen LogP contribution in [0.1, 0.15) is 37.8 Å². The van der Waals surface area contributed by atoms with Crippen LogP contribution in [-0.2, 0) is 13.6 Å². The van der Waals surface area contributed by atoms with Gasteiger partial charge < -0.3 is 11.1 Å². The molecule has 8 heteroatoms. The van der Waals surface area contributed by atoms with Gasteiger partial charge in [0.25, 0.3) is 11.8 Å². The van der Waals surface area contributed by atoms with E-state index in [9.17, 15) is 9.59 Å². The summed E-state index contributed by atoms with van der Waals surface area (Å²) in [6.45, 7) is 4.50. The second-order valence-electron chi connectivity index (χ2n) is 6.13. The Bertz CT molecular complexity index is 985. The van der Waals surface area contributed by atoms with Gasteiger partial charge in [-0.2, -0.15) is 10.2 Å². The summed E-state index contributed by atoms with van der Waals surface area (Å²) >= 11 is 0. The molecule has 0 spiro atoms. The minimum atomic E-state index is -0.654. The Hall–Kier alpha value is -3.42. The molecule has 0 aliphatic heterocycles. The highest BCUT2D eigenvalue weighted by Crippen LogP contribution is 2.16. The van der Waals surface area contributed by atoms with Crippen molar-refractivity contribution < 1.29 is 9.59 Å². The first-order valence-electron chi connectivity index (χ1n) is 8.08. The van der Waals surface area contributed by atoms with E-state index >= 15 is 0 Å². The Morgan fingerprint density at radius 3 is 2.65 bits per heavy atom. The molecular weight excluding hydrogens is 332 g/mol. The molecule has 2 amide bonds. The number of amides is 2. The zero-order valence-corrected chi connectivity index (χ0v) is 14.9. The average molecular weight is 352 g/mol. The van der Waals surface area contributed by atoms with Crippen molar-refractivity contribution in [2.24, 2.45) is 12.8 Å². The fourth-order valence-corrected chi connectivity index (χ4v) is 2.83. The summed E-state index contributed by atoms with van der Waals surface area (Å²) < 4.78 is 3.22. The number of hydrogen-bond acceptors (Lipinski definition) is 4. The van der Waals surface area contributed by atoms with Gasteiger partial charge in [0.1, 0.15) is 5.69 Å². The highest BCUT2D eigenvalue weighted by atomic mass is 16.2. The molecule has 2 aromatic heterocycles. The van der Waals surface area contributed by atoms with E-state index in [1.807, 2.05) is 36.7 Å². The minimum Gasteiger partial charge on any atom is -0.364 e. The maximum Gasteiger partial charge on any atom is 0.269 e. The SMILES string of the molecule is Cc1cc(C)n(Cc2cccc(C(=O)Nc3cnn(C)c3C(N)=O)c2)n1. The number of primary amides is 1. The van der Waals surface area contributed by atoms with E-state index in [1.165, 1.54) is 10.9 Å². The lowest BCUT2D eigenvalue weighted by molar-refractivity contribution is 0.0992. The van der Waals surface area contributed by atoms with Crippen LogP contribution in [-0.4, -0.2) is 31.4 Å². The summed E-state index contributed by atoms with van der Waals surface area (Å²) in [7, 11) is 1.59. The van der Waals surface area contributed by atoms with E-state index < -0.39 is 5.91 Å². The molecule has 1 aromatic carbocycles. The van der Waals surface area contributed by atoms with Crippen molar-refractivity contribution in [1.29, 1.82) is 0 Å². The third-order valence-electron chi connectivity index (χ3n) is 4.05. The maximum absolute atomic E-state index is 12.6. The lowest BCUT2D eigenvalue weighted by Gasteiger charge is -2.08. The van der Waals surface area contributed by atoms with Crippen LogP contribution in [0.4, 0.5) is 5.69 Å². The number of nitrogens with zero attached hydrogens (tertiary/aromatic N) is 4. The Kier molecular flexibility index (Phi) is 4.57. The van der Waals surface area contributed by atoms with Gasteiger partial charge in [0.2, 0.25) is 0 Å². The van der Waals surface area contributed by atoms with Crippen LogP contribution in [0.15, 0.2) is 36.5 Å². The minimum absolute atomic E-state index is 0.150. The number of carbonyl (C=O) groups is 2. The second-order valence-corrected chi connectivity index (χ2v) is 6.13. The van der Waals surface area contributed by atoms with Crippen molar-refractivity contribution in [3.8, 4) is 0 Å². The van der Waals surface area contributed by atoms with Gasteiger partial charge in [0, 0.05) is 18.3 Å². The van der Waals surface area contributed by atoms with Crippen molar-refractivity contribution >= 4 is 17.5 Å². The zero-order valence-electron chi connectivity index (χ0n) is 14.9. The van der Waals surface area contributed by atoms with E-state index in [0.717, 1.165) is 17.0 Å². The predicted molar refractivity (Wildman–Crippen MR) is 96.9 cm³/mol. The van der Waals surface area contributed by atoms with Crippen LogP contribution in [0.5, 0.6) is 0 Å². The summed E-state index contributed by atoms with van der Waals surface area (Å²) in [6.07, 6.45) is 1.40.